The first-order valence-corrected chi connectivity index (χ1v) is 5.78. The maximum absolute atomic E-state index is 5.56. The van der Waals surface area contributed by atoms with E-state index in [-0.39, 0.29) is 0 Å². The molecular weight excluding hydrogens is 178 g/mol. The smallest absolute Gasteiger partial charge is 0.0105 e. The van der Waals surface area contributed by atoms with E-state index in [0.29, 0.717) is 11.8 Å². The van der Waals surface area contributed by atoms with Crippen molar-refractivity contribution in [2.45, 2.75) is 33.1 Å². The summed E-state index contributed by atoms with van der Waals surface area (Å²) in [5, 5.41) is 2.18. The summed E-state index contributed by atoms with van der Waals surface area (Å²) in [7, 11) is 0. The fraction of sp³-hybridized carbons (Fsp3) is 0.636. The van der Waals surface area contributed by atoms with Gasteiger partial charge in [0.15, 0.2) is 0 Å². The Morgan fingerprint density at radius 1 is 1.46 bits per heavy atom. The van der Waals surface area contributed by atoms with Crippen molar-refractivity contribution in [1.82, 2.24) is 0 Å². The molecule has 0 amide bonds. The average Bonchev–Trinajstić information content (AvgIpc) is 2.50. The summed E-state index contributed by atoms with van der Waals surface area (Å²) in [5.74, 6) is 1.35. The molecule has 0 fully saturated rings. The van der Waals surface area contributed by atoms with Gasteiger partial charge in [-0.3, -0.25) is 0 Å². The standard InChI is InChI=1S/C11H19NS/c1-8(4-6-12)10(3)11-9(2)5-7-13-11/h5,7-8,10H,4,6,12H2,1-3H3. The third kappa shape index (κ3) is 2.55. The molecule has 13 heavy (non-hydrogen) atoms. The molecule has 1 aromatic rings. The van der Waals surface area contributed by atoms with E-state index < -0.39 is 0 Å². The van der Waals surface area contributed by atoms with Gasteiger partial charge < -0.3 is 5.73 Å². The van der Waals surface area contributed by atoms with Crippen LogP contribution in [0.3, 0.4) is 0 Å². The van der Waals surface area contributed by atoms with Gasteiger partial charge in [-0.25, -0.2) is 0 Å². The molecule has 74 valence electrons. The Kier molecular flexibility index (Phi) is 3.94. The second kappa shape index (κ2) is 4.77. The molecule has 1 rings (SSSR count). The van der Waals surface area contributed by atoms with E-state index in [1.807, 2.05) is 11.3 Å². The van der Waals surface area contributed by atoms with Crippen LogP contribution in [-0.2, 0) is 0 Å². The first-order valence-electron chi connectivity index (χ1n) is 4.91. The molecule has 0 saturated carbocycles. The highest BCUT2D eigenvalue weighted by molar-refractivity contribution is 7.10. The van der Waals surface area contributed by atoms with Gasteiger partial charge in [0, 0.05) is 4.88 Å². The van der Waals surface area contributed by atoms with Gasteiger partial charge in [-0.2, -0.15) is 0 Å². The Morgan fingerprint density at radius 2 is 2.15 bits per heavy atom. The zero-order valence-electron chi connectivity index (χ0n) is 8.71. The van der Waals surface area contributed by atoms with E-state index in [1.54, 1.807) is 0 Å². The molecule has 0 aliphatic rings. The molecule has 0 bridgehead atoms. The van der Waals surface area contributed by atoms with Crippen LogP contribution < -0.4 is 5.73 Å². The number of hydrogen-bond acceptors (Lipinski definition) is 2. The fourth-order valence-corrected chi connectivity index (χ4v) is 2.74. The third-order valence-corrected chi connectivity index (χ3v) is 4.01. The van der Waals surface area contributed by atoms with Crippen LogP contribution in [0.1, 0.15) is 36.6 Å². The molecule has 0 aliphatic heterocycles. The predicted molar refractivity (Wildman–Crippen MR) is 60.3 cm³/mol. The van der Waals surface area contributed by atoms with Crippen LogP contribution in [-0.4, -0.2) is 6.54 Å². The monoisotopic (exact) mass is 197 g/mol. The van der Waals surface area contributed by atoms with Crippen molar-refractivity contribution >= 4 is 11.3 Å². The van der Waals surface area contributed by atoms with Crippen LogP contribution in [0.4, 0.5) is 0 Å². The van der Waals surface area contributed by atoms with Gasteiger partial charge in [-0.15, -0.1) is 11.3 Å². The lowest BCUT2D eigenvalue weighted by Crippen LogP contribution is -2.11. The maximum Gasteiger partial charge on any atom is 0.0105 e. The topological polar surface area (TPSA) is 26.0 Å². The highest BCUT2D eigenvalue weighted by atomic mass is 32.1. The minimum absolute atomic E-state index is 0.656. The molecule has 0 radical (unpaired) electrons. The molecule has 0 saturated heterocycles. The van der Waals surface area contributed by atoms with Crippen LogP contribution in [0.2, 0.25) is 0 Å². The van der Waals surface area contributed by atoms with Crippen molar-refractivity contribution in [3.05, 3.63) is 21.9 Å². The molecule has 1 heterocycles. The van der Waals surface area contributed by atoms with E-state index in [4.69, 9.17) is 5.73 Å². The van der Waals surface area contributed by atoms with Gasteiger partial charge >= 0.3 is 0 Å². The predicted octanol–water partition coefficient (Wildman–Crippen LogP) is 3.14. The highest BCUT2D eigenvalue weighted by Gasteiger charge is 2.16. The lowest BCUT2D eigenvalue weighted by Gasteiger charge is -2.18. The molecule has 2 heteroatoms. The van der Waals surface area contributed by atoms with E-state index in [9.17, 15) is 0 Å². The molecular formula is C11H19NS. The molecule has 2 unspecified atom stereocenters. The molecule has 1 aromatic heterocycles. The Hall–Kier alpha value is -0.340. The van der Waals surface area contributed by atoms with Crippen molar-refractivity contribution in [3.63, 3.8) is 0 Å². The van der Waals surface area contributed by atoms with Crippen molar-refractivity contribution in [1.29, 1.82) is 0 Å². The van der Waals surface area contributed by atoms with Crippen molar-refractivity contribution < 1.29 is 0 Å². The summed E-state index contributed by atoms with van der Waals surface area (Å²) >= 11 is 1.87. The van der Waals surface area contributed by atoms with Crippen molar-refractivity contribution in [2.24, 2.45) is 11.7 Å². The zero-order valence-corrected chi connectivity index (χ0v) is 9.53. The number of nitrogens with two attached hydrogens (primary N) is 1. The lowest BCUT2D eigenvalue weighted by molar-refractivity contribution is 0.463. The van der Waals surface area contributed by atoms with Crippen molar-refractivity contribution in [2.75, 3.05) is 6.54 Å². The summed E-state index contributed by atoms with van der Waals surface area (Å²) in [6.45, 7) is 7.59. The quantitative estimate of drug-likeness (QED) is 0.788. The van der Waals surface area contributed by atoms with Crippen LogP contribution in [0.5, 0.6) is 0 Å². The summed E-state index contributed by atoms with van der Waals surface area (Å²) in [6, 6.07) is 2.20. The number of aryl methyl sites for hydroxylation is 1. The largest absolute Gasteiger partial charge is 0.330 e. The van der Waals surface area contributed by atoms with Crippen LogP contribution in [0.15, 0.2) is 11.4 Å². The maximum atomic E-state index is 5.56. The van der Waals surface area contributed by atoms with Gasteiger partial charge in [-0.1, -0.05) is 13.8 Å². The molecule has 0 spiro atoms. The summed E-state index contributed by atoms with van der Waals surface area (Å²) < 4.78 is 0. The highest BCUT2D eigenvalue weighted by Crippen LogP contribution is 2.32. The normalized spacial score (nSPS) is 15.7. The van der Waals surface area contributed by atoms with E-state index in [2.05, 4.69) is 32.2 Å². The van der Waals surface area contributed by atoms with E-state index >= 15 is 0 Å². The Bertz CT molecular complexity index is 254. The van der Waals surface area contributed by atoms with Crippen LogP contribution in [0, 0.1) is 12.8 Å². The van der Waals surface area contributed by atoms with Crippen LogP contribution in [0.25, 0.3) is 0 Å². The first-order chi connectivity index (χ1) is 6.16. The van der Waals surface area contributed by atoms with Crippen molar-refractivity contribution in [3.8, 4) is 0 Å². The fourth-order valence-electron chi connectivity index (χ4n) is 1.62. The minimum Gasteiger partial charge on any atom is -0.330 e. The van der Waals surface area contributed by atoms with Gasteiger partial charge in [-0.05, 0) is 48.7 Å². The third-order valence-electron chi connectivity index (χ3n) is 2.79. The van der Waals surface area contributed by atoms with Gasteiger partial charge in [0.2, 0.25) is 0 Å². The van der Waals surface area contributed by atoms with E-state index in [1.165, 1.54) is 10.4 Å². The molecule has 2 atom stereocenters. The number of hydrogen-bond donors (Lipinski definition) is 1. The molecule has 2 N–H and O–H groups in total. The first kappa shape index (κ1) is 10.7. The molecule has 1 nitrogen and oxygen atoms in total. The SMILES string of the molecule is Cc1ccsc1C(C)C(C)CCN. The number of thiophene rings is 1. The summed E-state index contributed by atoms with van der Waals surface area (Å²) in [6.07, 6.45) is 1.12. The Morgan fingerprint density at radius 3 is 2.62 bits per heavy atom. The summed E-state index contributed by atoms with van der Waals surface area (Å²) in [4.78, 5) is 1.53. The lowest BCUT2D eigenvalue weighted by atomic mass is 9.90. The second-order valence-corrected chi connectivity index (χ2v) is 4.76. The Labute approximate surface area is 85.0 Å². The zero-order chi connectivity index (χ0) is 9.84. The molecule has 0 aliphatic carbocycles. The Balaban J connectivity index is 2.67. The van der Waals surface area contributed by atoms with Gasteiger partial charge in [0.05, 0.1) is 0 Å². The average molecular weight is 197 g/mol. The molecule has 0 aromatic carbocycles. The second-order valence-electron chi connectivity index (χ2n) is 3.81. The minimum atomic E-state index is 0.656. The van der Waals surface area contributed by atoms with Gasteiger partial charge in [0.25, 0.3) is 0 Å². The van der Waals surface area contributed by atoms with Gasteiger partial charge in [0.1, 0.15) is 0 Å². The van der Waals surface area contributed by atoms with Crippen LogP contribution >= 0.6 is 11.3 Å². The van der Waals surface area contributed by atoms with E-state index in [0.717, 1.165) is 13.0 Å². The number of rotatable bonds is 4. The summed E-state index contributed by atoms with van der Waals surface area (Å²) in [5.41, 5.74) is 6.99.